The van der Waals surface area contributed by atoms with Gasteiger partial charge in [-0.2, -0.15) is 0 Å². The summed E-state index contributed by atoms with van der Waals surface area (Å²) in [5.74, 6) is -0.415. The van der Waals surface area contributed by atoms with Crippen molar-refractivity contribution < 1.29 is 19.1 Å². The normalized spacial score (nSPS) is 13.6. The molecule has 0 spiro atoms. The number of Topliss-reactive ketones (excluding diaryl/α,β-unsaturated/α-hetero) is 1. The van der Waals surface area contributed by atoms with Gasteiger partial charge in [0.05, 0.1) is 12.2 Å². The van der Waals surface area contributed by atoms with Gasteiger partial charge in [-0.1, -0.05) is 55.5 Å². The summed E-state index contributed by atoms with van der Waals surface area (Å²) in [5, 5.41) is 0. The number of carbonyl (C=O) groups excluding carboxylic acids is 2. The highest BCUT2D eigenvalue weighted by Gasteiger charge is 2.32. The van der Waals surface area contributed by atoms with Gasteiger partial charge in [0.2, 0.25) is 0 Å². The molecule has 2 aromatic carbocycles. The smallest absolute Gasteiger partial charge is 0.338 e. The van der Waals surface area contributed by atoms with Crippen LogP contribution in [0.5, 0.6) is 0 Å². The molecule has 0 aromatic heterocycles. The molecule has 0 saturated heterocycles. The first-order valence-corrected chi connectivity index (χ1v) is 9.29. The van der Waals surface area contributed by atoms with Crippen LogP contribution in [0.15, 0.2) is 60.7 Å². The largest absolute Gasteiger partial charge is 0.456 e. The van der Waals surface area contributed by atoms with E-state index in [2.05, 4.69) is 0 Å². The van der Waals surface area contributed by atoms with Crippen LogP contribution in [0.3, 0.4) is 0 Å². The SMILES string of the molecule is CCC(C)(CCOC(C)(C)C(=O)c1ccccc1)OC(=O)c1ccccc1. The van der Waals surface area contributed by atoms with E-state index in [0.29, 0.717) is 30.6 Å². The van der Waals surface area contributed by atoms with Gasteiger partial charge in [0.1, 0.15) is 11.2 Å². The number of benzene rings is 2. The van der Waals surface area contributed by atoms with Crippen LogP contribution in [0.2, 0.25) is 0 Å². The molecule has 0 fully saturated rings. The first-order chi connectivity index (χ1) is 12.8. The summed E-state index contributed by atoms with van der Waals surface area (Å²) in [7, 11) is 0. The van der Waals surface area contributed by atoms with Gasteiger partial charge in [-0.25, -0.2) is 4.79 Å². The molecule has 4 heteroatoms. The summed E-state index contributed by atoms with van der Waals surface area (Å²) < 4.78 is 11.6. The lowest BCUT2D eigenvalue weighted by molar-refractivity contribution is -0.0514. The topological polar surface area (TPSA) is 52.6 Å². The van der Waals surface area contributed by atoms with E-state index in [4.69, 9.17) is 9.47 Å². The number of carbonyl (C=O) groups is 2. The highest BCUT2D eigenvalue weighted by molar-refractivity contribution is 6.01. The fraction of sp³-hybridized carbons (Fsp3) is 0.391. The molecule has 0 N–H and O–H groups in total. The number of esters is 1. The molecule has 1 unspecified atom stereocenters. The van der Waals surface area contributed by atoms with Crippen LogP contribution in [0.4, 0.5) is 0 Å². The van der Waals surface area contributed by atoms with Crippen molar-refractivity contribution in [2.24, 2.45) is 0 Å². The molecule has 144 valence electrons. The van der Waals surface area contributed by atoms with Gasteiger partial charge in [-0.05, 0) is 39.3 Å². The summed E-state index contributed by atoms with van der Waals surface area (Å²) in [6, 6.07) is 18.0. The van der Waals surface area contributed by atoms with Crippen molar-refractivity contribution in [3.63, 3.8) is 0 Å². The molecule has 0 aliphatic carbocycles. The Hall–Kier alpha value is -2.46. The maximum absolute atomic E-state index is 12.6. The van der Waals surface area contributed by atoms with Crippen LogP contribution in [-0.4, -0.2) is 29.6 Å². The van der Waals surface area contributed by atoms with Gasteiger partial charge >= 0.3 is 5.97 Å². The first-order valence-electron chi connectivity index (χ1n) is 9.29. The van der Waals surface area contributed by atoms with Crippen LogP contribution < -0.4 is 0 Å². The average molecular weight is 368 g/mol. The van der Waals surface area contributed by atoms with Crippen molar-refractivity contribution in [1.29, 1.82) is 0 Å². The molecule has 2 aromatic rings. The molecule has 27 heavy (non-hydrogen) atoms. The average Bonchev–Trinajstić information content (AvgIpc) is 2.68. The van der Waals surface area contributed by atoms with Crippen molar-refractivity contribution >= 4 is 11.8 Å². The summed E-state index contributed by atoms with van der Waals surface area (Å²) in [6.45, 7) is 7.71. The molecule has 0 heterocycles. The summed E-state index contributed by atoms with van der Waals surface area (Å²) in [5.41, 5.74) is -0.452. The maximum atomic E-state index is 12.6. The minimum absolute atomic E-state index is 0.0671. The monoisotopic (exact) mass is 368 g/mol. The summed E-state index contributed by atoms with van der Waals surface area (Å²) in [4.78, 5) is 25.0. The van der Waals surface area contributed by atoms with Crippen LogP contribution in [0.1, 0.15) is 61.3 Å². The van der Waals surface area contributed by atoms with Crippen LogP contribution >= 0.6 is 0 Å². The number of hydrogen-bond donors (Lipinski definition) is 0. The molecule has 0 bridgehead atoms. The van der Waals surface area contributed by atoms with Gasteiger partial charge < -0.3 is 9.47 Å². The third-order valence-electron chi connectivity index (χ3n) is 4.77. The van der Waals surface area contributed by atoms with Crippen molar-refractivity contribution in [3.05, 3.63) is 71.8 Å². The van der Waals surface area contributed by atoms with Gasteiger partial charge in [-0.15, -0.1) is 0 Å². The third-order valence-corrected chi connectivity index (χ3v) is 4.77. The van der Waals surface area contributed by atoms with E-state index >= 15 is 0 Å². The summed E-state index contributed by atoms with van der Waals surface area (Å²) >= 11 is 0. The molecule has 2 rings (SSSR count). The Morgan fingerprint density at radius 2 is 1.37 bits per heavy atom. The van der Waals surface area contributed by atoms with Gasteiger partial charge in [0.15, 0.2) is 5.78 Å². The molecule has 0 amide bonds. The highest BCUT2D eigenvalue weighted by Crippen LogP contribution is 2.24. The van der Waals surface area contributed by atoms with Crippen molar-refractivity contribution in [3.8, 4) is 0 Å². The summed E-state index contributed by atoms with van der Waals surface area (Å²) in [6.07, 6.45) is 1.16. The second kappa shape index (κ2) is 8.96. The molecule has 1 atom stereocenters. The maximum Gasteiger partial charge on any atom is 0.338 e. The van der Waals surface area contributed by atoms with Gasteiger partial charge in [0.25, 0.3) is 0 Å². The van der Waals surface area contributed by atoms with Crippen molar-refractivity contribution in [2.45, 2.75) is 51.7 Å². The number of ketones is 1. The predicted octanol–water partition coefficient (Wildman–Crippen LogP) is 5.08. The second-order valence-electron chi connectivity index (χ2n) is 7.36. The van der Waals surface area contributed by atoms with E-state index in [0.717, 1.165) is 0 Å². The van der Waals surface area contributed by atoms with Crippen LogP contribution in [0.25, 0.3) is 0 Å². The highest BCUT2D eigenvalue weighted by atomic mass is 16.6. The molecule has 4 nitrogen and oxygen atoms in total. The zero-order valence-electron chi connectivity index (χ0n) is 16.5. The minimum atomic E-state index is -0.945. The van der Waals surface area contributed by atoms with E-state index in [1.165, 1.54) is 0 Å². The van der Waals surface area contributed by atoms with Gasteiger partial charge in [0, 0.05) is 12.0 Å². The predicted molar refractivity (Wildman–Crippen MR) is 106 cm³/mol. The van der Waals surface area contributed by atoms with E-state index in [9.17, 15) is 9.59 Å². The zero-order valence-corrected chi connectivity index (χ0v) is 16.5. The quantitative estimate of drug-likeness (QED) is 0.457. The molecule has 0 radical (unpaired) electrons. The molecule has 0 aliphatic heterocycles. The standard InChI is InChI=1S/C23H28O4/c1-5-23(4,27-21(25)19-14-10-7-11-15-19)16-17-26-22(2,3)20(24)18-12-8-6-9-13-18/h6-15H,5,16-17H2,1-4H3. The van der Waals surface area contributed by atoms with Crippen LogP contribution in [0, 0.1) is 0 Å². The lowest BCUT2D eigenvalue weighted by Crippen LogP contribution is -2.38. The second-order valence-corrected chi connectivity index (χ2v) is 7.36. The lowest BCUT2D eigenvalue weighted by atomic mass is 9.95. The van der Waals surface area contributed by atoms with Crippen LogP contribution in [-0.2, 0) is 9.47 Å². The fourth-order valence-corrected chi connectivity index (χ4v) is 2.68. The Kier molecular flexibility index (Phi) is 6.92. The van der Waals surface area contributed by atoms with E-state index in [-0.39, 0.29) is 11.8 Å². The molecule has 0 aliphatic rings. The van der Waals surface area contributed by atoms with E-state index < -0.39 is 11.2 Å². The molecular formula is C23H28O4. The number of rotatable bonds is 9. The molecular weight excluding hydrogens is 340 g/mol. The zero-order chi connectivity index (χ0) is 19.9. The number of ether oxygens (including phenoxy) is 2. The molecule has 0 saturated carbocycles. The Bertz CT molecular complexity index is 752. The number of hydrogen-bond acceptors (Lipinski definition) is 4. The fourth-order valence-electron chi connectivity index (χ4n) is 2.68. The Balaban J connectivity index is 1.94. The van der Waals surface area contributed by atoms with Crippen molar-refractivity contribution in [1.82, 2.24) is 0 Å². The Morgan fingerprint density at radius 3 is 1.89 bits per heavy atom. The Labute approximate surface area is 161 Å². The van der Waals surface area contributed by atoms with E-state index in [1.807, 2.05) is 38.1 Å². The Morgan fingerprint density at radius 1 is 0.852 bits per heavy atom. The third kappa shape index (κ3) is 5.76. The first kappa shape index (κ1) is 20.8. The van der Waals surface area contributed by atoms with Crippen molar-refractivity contribution in [2.75, 3.05) is 6.61 Å². The lowest BCUT2D eigenvalue weighted by Gasteiger charge is -2.31. The van der Waals surface area contributed by atoms with Gasteiger partial charge in [-0.3, -0.25) is 4.79 Å². The van der Waals surface area contributed by atoms with E-state index in [1.54, 1.807) is 50.2 Å². The minimum Gasteiger partial charge on any atom is -0.456 e.